The molecule has 0 saturated heterocycles. The number of hydrogen-bond acceptors (Lipinski definition) is 4. The number of nitrogens with one attached hydrogen (secondary N) is 1. The number of thiophene rings is 1. The molecule has 0 aromatic carbocycles. The summed E-state index contributed by atoms with van der Waals surface area (Å²) in [6.07, 6.45) is 1.91. The van der Waals surface area contributed by atoms with Crippen molar-refractivity contribution in [3.05, 3.63) is 16.0 Å². The summed E-state index contributed by atoms with van der Waals surface area (Å²) in [6, 6.07) is 0. The molecular formula is C13H21NO2S. The van der Waals surface area contributed by atoms with Crippen LogP contribution in [0.4, 0.5) is 5.00 Å². The van der Waals surface area contributed by atoms with Crippen molar-refractivity contribution in [1.82, 2.24) is 0 Å². The van der Waals surface area contributed by atoms with Crippen LogP contribution in [-0.2, 0) is 11.2 Å². The minimum Gasteiger partial charge on any atom is -0.462 e. The van der Waals surface area contributed by atoms with Crippen LogP contribution in [0, 0.1) is 6.92 Å². The van der Waals surface area contributed by atoms with Crippen LogP contribution in [0.25, 0.3) is 0 Å². The van der Waals surface area contributed by atoms with Gasteiger partial charge in [-0.1, -0.05) is 13.8 Å². The van der Waals surface area contributed by atoms with Crippen LogP contribution >= 0.6 is 11.3 Å². The van der Waals surface area contributed by atoms with E-state index in [1.54, 1.807) is 11.3 Å². The van der Waals surface area contributed by atoms with Crippen molar-refractivity contribution in [3.63, 3.8) is 0 Å². The maximum Gasteiger partial charge on any atom is 0.341 e. The number of aryl methyl sites for hydroxylation is 1. The SMILES string of the molecule is CCCNc1sc(C)c(CC)c1C(=O)OCC. The Kier molecular flexibility index (Phi) is 5.48. The predicted octanol–water partition coefficient (Wildman–Crippen LogP) is 3.62. The fourth-order valence-corrected chi connectivity index (χ4v) is 2.95. The molecule has 1 aromatic rings. The molecule has 1 aromatic heterocycles. The molecule has 0 fully saturated rings. The van der Waals surface area contributed by atoms with Gasteiger partial charge < -0.3 is 10.1 Å². The third-order valence-corrected chi connectivity index (χ3v) is 3.68. The van der Waals surface area contributed by atoms with Crippen LogP contribution in [0.15, 0.2) is 0 Å². The molecule has 0 aliphatic rings. The van der Waals surface area contributed by atoms with Gasteiger partial charge in [0, 0.05) is 11.4 Å². The monoisotopic (exact) mass is 255 g/mol. The molecule has 0 spiro atoms. The lowest BCUT2D eigenvalue weighted by molar-refractivity contribution is 0.0527. The Balaban J connectivity index is 3.07. The average molecular weight is 255 g/mol. The van der Waals surface area contributed by atoms with Gasteiger partial charge in [0.1, 0.15) is 5.00 Å². The second-order valence-corrected chi connectivity index (χ2v) is 5.07. The van der Waals surface area contributed by atoms with Crippen LogP contribution in [0.3, 0.4) is 0 Å². The van der Waals surface area contributed by atoms with E-state index in [1.807, 2.05) is 6.92 Å². The third-order valence-electron chi connectivity index (χ3n) is 2.58. The maximum atomic E-state index is 12.0. The van der Waals surface area contributed by atoms with Crippen LogP contribution in [0.5, 0.6) is 0 Å². The first-order valence-corrected chi connectivity index (χ1v) is 7.00. The summed E-state index contributed by atoms with van der Waals surface area (Å²) in [5, 5.41) is 4.27. The second kappa shape index (κ2) is 6.64. The molecule has 0 radical (unpaired) electrons. The number of carbonyl (C=O) groups is 1. The number of rotatable bonds is 6. The van der Waals surface area contributed by atoms with E-state index < -0.39 is 0 Å². The highest BCUT2D eigenvalue weighted by molar-refractivity contribution is 7.16. The van der Waals surface area contributed by atoms with Crippen molar-refractivity contribution in [1.29, 1.82) is 0 Å². The van der Waals surface area contributed by atoms with Gasteiger partial charge in [-0.3, -0.25) is 0 Å². The van der Waals surface area contributed by atoms with Crippen molar-refractivity contribution < 1.29 is 9.53 Å². The standard InChI is InChI=1S/C13H21NO2S/c1-5-8-14-12-11(13(15)16-7-3)10(6-2)9(4)17-12/h14H,5-8H2,1-4H3. The van der Waals surface area contributed by atoms with Gasteiger partial charge in [0.05, 0.1) is 12.2 Å². The highest BCUT2D eigenvalue weighted by Crippen LogP contribution is 2.33. The fraction of sp³-hybridized carbons (Fsp3) is 0.615. The molecule has 1 N–H and O–H groups in total. The Labute approximate surface area is 107 Å². The third kappa shape index (κ3) is 3.22. The van der Waals surface area contributed by atoms with Gasteiger partial charge in [-0.15, -0.1) is 11.3 Å². The number of anilines is 1. The number of esters is 1. The first-order valence-electron chi connectivity index (χ1n) is 6.18. The zero-order valence-electron chi connectivity index (χ0n) is 11.1. The molecule has 0 amide bonds. The molecule has 0 aliphatic carbocycles. The zero-order chi connectivity index (χ0) is 12.8. The smallest absolute Gasteiger partial charge is 0.341 e. The Bertz CT molecular complexity index is 385. The summed E-state index contributed by atoms with van der Waals surface area (Å²) in [7, 11) is 0. The largest absolute Gasteiger partial charge is 0.462 e. The Hall–Kier alpha value is -1.03. The highest BCUT2D eigenvalue weighted by atomic mass is 32.1. The van der Waals surface area contributed by atoms with Crippen LogP contribution < -0.4 is 5.32 Å². The quantitative estimate of drug-likeness (QED) is 0.789. The minimum absolute atomic E-state index is 0.202. The highest BCUT2D eigenvalue weighted by Gasteiger charge is 2.21. The molecule has 4 heteroatoms. The first kappa shape index (κ1) is 14.0. The molecule has 0 unspecified atom stereocenters. The first-order chi connectivity index (χ1) is 8.15. The second-order valence-electron chi connectivity index (χ2n) is 3.84. The molecule has 0 saturated carbocycles. The van der Waals surface area contributed by atoms with E-state index in [0.717, 1.165) is 35.5 Å². The summed E-state index contributed by atoms with van der Waals surface area (Å²) in [6.45, 7) is 9.38. The van der Waals surface area contributed by atoms with Gasteiger partial charge in [-0.05, 0) is 32.3 Å². The fourth-order valence-electron chi connectivity index (χ4n) is 1.79. The van der Waals surface area contributed by atoms with E-state index in [-0.39, 0.29) is 5.97 Å². The maximum absolute atomic E-state index is 12.0. The summed E-state index contributed by atoms with van der Waals surface area (Å²) in [4.78, 5) is 13.2. The summed E-state index contributed by atoms with van der Waals surface area (Å²) in [5.74, 6) is -0.202. The van der Waals surface area contributed by atoms with E-state index in [9.17, 15) is 4.79 Å². The van der Waals surface area contributed by atoms with Crippen LogP contribution in [0.1, 0.15) is 48.0 Å². The molecule has 0 aliphatic heterocycles. The van der Waals surface area contributed by atoms with Gasteiger partial charge in [0.15, 0.2) is 0 Å². The van der Waals surface area contributed by atoms with Gasteiger partial charge in [-0.25, -0.2) is 4.79 Å². The van der Waals surface area contributed by atoms with Crippen molar-refractivity contribution >= 4 is 22.3 Å². The lowest BCUT2D eigenvalue weighted by Crippen LogP contribution is -2.10. The minimum atomic E-state index is -0.202. The van der Waals surface area contributed by atoms with E-state index >= 15 is 0 Å². The zero-order valence-corrected chi connectivity index (χ0v) is 11.9. The van der Waals surface area contributed by atoms with Gasteiger partial charge in [0.25, 0.3) is 0 Å². The molecule has 3 nitrogen and oxygen atoms in total. The average Bonchev–Trinajstić information content (AvgIpc) is 2.62. The molecule has 0 bridgehead atoms. The topological polar surface area (TPSA) is 38.3 Å². The van der Waals surface area contributed by atoms with Crippen molar-refractivity contribution in [2.75, 3.05) is 18.5 Å². The van der Waals surface area contributed by atoms with Crippen LogP contribution in [0.2, 0.25) is 0 Å². The number of ether oxygens (including phenoxy) is 1. The van der Waals surface area contributed by atoms with E-state index in [0.29, 0.717) is 6.61 Å². The molecule has 1 rings (SSSR count). The number of hydrogen-bond donors (Lipinski definition) is 1. The predicted molar refractivity (Wildman–Crippen MR) is 73.2 cm³/mol. The molecule has 17 heavy (non-hydrogen) atoms. The van der Waals surface area contributed by atoms with Gasteiger partial charge in [0.2, 0.25) is 0 Å². The molecular weight excluding hydrogens is 234 g/mol. The van der Waals surface area contributed by atoms with E-state index in [2.05, 4.69) is 26.1 Å². The molecule has 0 atom stereocenters. The van der Waals surface area contributed by atoms with Gasteiger partial charge in [-0.2, -0.15) is 0 Å². The van der Waals surface area contributed by atoms with Crippen LogP contribution in [-0.4, -0.2) is 19.1 Å². The van der Waals surface area contributed by atoms with Crippen molar-refractivity contribution in [3.8, 4) is 0 Å². The Morgan fingerprint density at radius 1 is 1.35 bits per heavy atom. The number of carbonyl (C=O) groups excluding carboxylic acids is 1. The van der Waals surface area contributed by atoms with E-state index in [1.165, 1.54) is 4.88 Å². The van der Waals surface area contributed by atoms with E-state index in [4.69, 9.17) is 4.74 Å². The van der Waals surface area contributed by atoms with Crippen molar-refractivity contribution in [2.45, 2.75) is 40.5 Å². The summed E-state index contributed by atoms with van der Waals surface area (Å²) >= 11 is 1.65. The summed E-state index contributed by atoms with van der Waals surface area (Å²) < 4.78 is 5.13. The lowest BCUT2D eigenvalue weighted by Gasteiger charge is -2.07. The lowest BCUT2D eigenvalue weighted by atomic mass is 10.1. The normalized spacial score (nSPS) is 10.4. The Morgan fingerprint density at radius 3 is 2.59 bits per heavy atom. The molecule has 96 valence electrons. The van der Waals surface area contributed by atoms with Crippen molar-refractivity contribution in [2.24, 2.45) is 0 Å². The molecule has 1 heterocycles. The Morgan fingerprint density at radius 2 is 2.06 bits per heavy atom. The van der Waals surface area contributed by atoms with Gasteiger partial charge >= 0.3 is 5.97 Å². The summed E-state index contributed by atoms with van der Waals surface area (Å²) in [5.41, 5.74) is 1.86.